The molecule has 23 heavy (non-hydrogen) atoms. The molecular weight excluding hydrogens is 294 g/mol. The number of nitrogens with zero attached hydrogens (tertiary/aromatic N) is 1. The van der Waals surface area contributed by atoms with Gasteiger partial charge in [-0.25, -0.2) is 0 Å². The molecule has 0 aliphatic carbocycles. The van der Waals surface area contributed by atoms with Crippen molar-refractivity contribution in [3.05, 3.63) is 23.8 Å². The average Bonchev–Trinajstić information content (AvgIpc) is 2.53. The highest BCUT2D eigenvalue weighted by molar-refractivity contribution is 5.81. The number of hydrogen-bond acceptors (Lipinski definition) is 5. The molecule has 0 aromatic heterocycles. The first-order valence-electron chi connectivity index (χ1n) is 7.95. The zero-order chi connectivity index (χ0) is 17.2. The SMILES string of the molecule is CCCC(N)C(=O)NCc1ccc(OCCN(C)C)c(OC)c1. The Morgan fingerprint density at radius 2 is 2.09 bits per heavy atom. The predicted octanol–water partition coefficient (Wildman–Crippen LogP) is 1.38. The summed E-state index contributed by atoms with van der Waals surface area (Å²) >= 11 is 0. The number of hydrogen-bond donors (Lipinski definition) is 2. The molecule has 0 heterocycles. The van der Waals surface area contributed by atoms with E-state index in [1.807, 2.05) is 39.2 Å². The quantitative estimate of drug-likeness (QED) is 0.680. The summed E-state index contributed by atoms with van der Waals surface area (Å²) in [6.45, 7) is 3.85. The lowest BCUT2D eigenvalue weighted by Crippen LogP contribution is -2.40. The molecule has 0 saturated heterocycles. The van der Waals surface area contributed by atoms with Crippen molar-refractivity contribution in [3.8, 4) is 11.5 Å². The van der Waals surface area contributed by atoms with Gasteiger partial charge in [-0.15, -0.1) is 0 Å². The number of nitrogens with two attached hydrogens (primary N) is 1. The molecule has 3 N–H and O–H groups in total. The topological polar surface area (TPSA) is 76.8 Å². The summed E-state index contributed by atoms with van der Waals surface area (Å²) in [5, 5.41) is 2.85. The maximum Gasteiger partial charge on any atom is 0.237 e. The van der Waals surface area contributed by atoms with Crippen LogP contribution in [0.3, 0.4) is 0 Å². The molecule has 0 spiro atoms. The normalized spacial score (nSPS) is 12.1. The number of benzene rings is 1. The fraction of sp³-hybridized carbons (Fsp3) is 0.588. The van der Waals surface area contributed by atoms with Gasteiger partial charge in [-0.2, -0.15) is 0 Å². The highest BCUT2D eigenvalue weighted by Gasteiger charge is 2.12. The molecule has 0 fully saturated rings. The lowest BCUT2D eigenvalue weighted by atomic mass is 10.1. The number of likely N-dealkylation sites (N-methyl/N-ethyl adjacent to an activating group) is 1. The van der Waals surface area contributed by atoms with E-state index in [0.29, 0.717) is 31.1 Å². The number of carbonyl (C=O) groups is 1. The van der Waals surface area contributed by atoms with E-state index in [0.717, 1.165) is 18.5 Å². The number of ether oxygens (including phenoxy) is 2. The third-order valence-corrected chi connectivity index (χ3v) is 3.43. The van der Waals surface area contributed by atoms with Crippen molar-refractivity contribution in [1.82, 2.24) is 10.2 Å². The smallest absolute Gasteiger partial charge is 0.237 e. The Bertz CT molecular complexity index is 492. The van der Waals surface area contributed by atoms with Gasteiger partial charge in [-0.05, 0) is 38.2 Å². The minimum Gasteiger partial charge on any atom is -0.493 e. The monoisotopic (exact) mass is 323 g/mol. The molecule has 0 aliphatic rings. The summed E-state index contributed by atoms with van der Waals surface area (Å²) in [7, 11) is 5.60. The second kappa shape index (κ2) is 10.1. The summed E-state index contributed by atoms with van der Waals surface area (Å²) in [5.74, 6) is 1.23. The molecule has 1 aromatic rings. The Kier molecular flexibility index (Phi) is 8.43. The Hall–Kier alpha value is -1.79. The molecule has 1 amide bonds. The second-order valence-corrected chi connectivity index (χ2v) is 5.75. The van der Waals surface area contributed by atoms with E-state index in [-0.39, 0.29) is 5.91 Å². The van der Waals surface area contributed by atoms with Crippen LogP contribution in [-0.4, -0.2) is 51.2 Å². The number of rotatable bonds is 10. The van der Waals surface area contributed by atoms with Gasteiger partial charge in [0.1, 0.15) is 6.61 Å². The predicted molar refractivity (Wildman–Crippen MR) is 91.8 cm³/mol. The average molecular weight is 323 g/mol. The molecule has 1 unspecified atom stereocenters. The minimum absolute atomic E-state index is 0.128. The van der Waals surface area contributed by atoms with Crippen molar-refractivity contribution in [2.45, 2.75) is 32.4 Å². The maximum atomic E-state index is 11.8. The van der Waals surface area contributed by atoms with Gasteiger partial charge < -0.3 is 25.4 Å². The summed E-state index contributed by atoms with van der Waals surface area (Å²) in [5.41, 5.74) is 6.73. The van der Waals surface area contributed by atoms with Crippen LogP contribution in [0.15, 0.2) is 18.2 Å². The van der Waals surface area contributed by atoms with Gasteiger partial charge in [0.25, 0.3) is 0 Å². The van der Waals surface area contributed by atoms with Crippen molar-refractivity contribution >= 4 is 5.91 Å². The molecule has 6 heteroatoms. The van der Waals surface area contributed by atoms with Gasteiger partial charge in [0.15, 0.2) is 11.5 Å². The van der Waals surface area contributed by atoms with Crippen molar-refractivity contribution in [2.24, 2.45) is 5.73 Å². The van der Waals surface area contributed by atoms with Crippen LogP contribution in [0.4, 0.5) is 0 Å². The van der Waals surface area contributed by atoms with Gasteiger partial charge in [-0.3, -0.25) is 4.79 Å². The van der Waals surface area contributed by atoms with E-state index < -0.39 is 6.04 Å². The van der Waals surface area contributed by atoms with Crippen LogP contribution in [0.1, 0.15) is 25.3 Å². The van der Waals surface area contributed by atoms with Crippen LogP contribution >= 0.6 is 0 Å². The summed E-state index contributed by atoms with van der Waals surface area (Å²) in [6.07, 6.45) is 1.58. The van der Waals surface area contributed by atoms with E-state index in [4.69, 9.17) is 15.2 Å². The maximum absolute atomic E-state index is 11.8. The van der Waals surface area contributed by atoms with Crippen LogP contribution in [0.25, 0.3) is 0 Å². The first kappa shape index (κ1) is 19.3. The molecule has 0 aliphatic heterocycles. The van der Waals surface area contributed by atoms with Gasteiger partial charge in [0.2, 0.25) is 5.91 Å². The first-order valence-corrected chi connectivity index (χ1v) is 7.95. The van der Waals surface area contributed by atoms with Crippen molar-refractivity contribution in [1.29, 1.82) is 0 Å². The van der Waals surface area contributed by atoms with Gasteiger partial charge in [-0.1, -0.05) is 19.4 Å². The molecule has 0 bridgehead atoms. The van der Waals surface area contributed by atoms with Crippen molar-refractivity contribution in [2.75, 3.05) is 34.4 Å². The van der Waals surface area contributed by atoms with E-state index >= 15 is 0 Å². The third kappa shape index (κ3) is 6.88. The van der Waals surface area contributed by atoms with Crippen LogP contribution in [0.5, 0.6) is 11.5 Å². The van der Waals surface area contributed by atoms with Crippen molar-refractivity contribution in [3.63, 3.8) is 0 Å². The molecule has 1 atom stereocenters. The minimum atomic E-state index is -0.449. The molecule has 6 nitrogen and oxygen atoms in total. The Morgan fingerprint density at radius 3 is 2.70 bits per heavy atom. The molecule has 0 radical (unpaired) electrons. The van der Waals surface area contributed by atoms with Crippen LogP contribution in [0, 0.1) is 0 Å². The zero-order valence-electron chi connectivity index (χ0n) is 14.6. The second-order valence-electron chi connectivity index (χ2n) is 5.75. The van der Waals surface area contributed by atoms with Gasteiger partial charge in [0, 0.05) is 13.1 Å². The summed E-state index contributed by atoms with van der Waals surface area (Å²) < 4.78 is 11.1. The fourth-order valence-electron chi connectivity index (χ4n) is 2.04. The first-order chi connectivity index (χ1) is 11.0. The number of amides is 1. The Morgan fingerprint density at radius 1 is 1.35 bits per heavy atom. The van der Waals surface area contributed by atoms with Crippen LogP contribution in [-0.2, 0) is 11.3 Å². The van der Waals surface area contributed by atoms with E-state index in [1.165, 1.54) is 0 Å². The van der Waals surface area contributed by atoms with E-state index in [9.17, 15) is 4.79 Å². The molecule has 1 aromatic carbocycles. The molecule has 0 saturated carbocycles. The Labute approximate surface area is 138 Å². The largest absolute Gasteiger partial charge is 0.493 e. The number of methoxy groups -OCH3 is 1. The van der Waals surface area contributed by atoms with Crippen LogP contribution < -0.4 is 20.5 Å². The highest BCUT2D eigenvalue weighted by atomic mass is 16.5. The fourth-order valence-corrected chi connectivity index (χ4v) is 2.04. The van der Waals surface area contributed by atoms with E-state index in [1.54, 1.807) is 7.11 Å². The zero-order valence-corrected chi connectivity index (χ0v) is 14.6. The lowest BCUT2D eigenvalue weighted by Gasteiger charge is -2.15. The van der Waals surface area contributed by atoms with Crippen molar-refractivity contribution < 1.29 is 14.3 Å². The molecule has 1 rings (SSSR count). The molecule has 130 valence electrons. The number of carbonyl (C=O) groups excluding carboxylic acids is 1. The van der Waals surface area contributed by atoms with E-state index in [2.05, 4.69) is 10.2 Å². The molecular formula is C17H29N3O3. The Balaban J connectivity index is 2.59. The summed E-state index contributed by atoms with van der Waals surface area (Å²) in [4.78, 5) is 13.9. The standard InChI is InChI=1S/C17H29N3O3/c1-5-6-14(18)17(21)19-12-13-7-8-15(16(11-13)22-4)23-10-9-20(2)3/h7-8,11,14H,5-6,9-10,12,18H2,1-4H3,(H,19,21). The van der Waals surface area contributed by atoms with Gasteiger partial charge in [0.05, 0.1) is 13.2 Å². The summed E-state index contributed by atoms with van der Waals surface area (Å²) in [6, 6.07) is 5.20. The lowest BCUT2D eigenvalue weighted by molar-refractivity contribution is -0.122. The van der Waals surface area contributed by atoms with Gasteiger partial charge >= 0.3 is 0 Å². The third-order valence-electron chi connectivity index (χ3n) is 3.43. The number of nitrogens with one attached hydrogen (secondary N) is 1. The highest BCUT2D eigenvalue weighted by Crippen LogP contribution is 2.28. The van der Waals surface area contributed by atoms with Crippen LogP contribution in [0.2, 0.25) is 0 Å².